The molecule has 0 aliphatic carbocycles. The fraction of sp³-hybridized carbons (Fsp3) is 0.200. The Hall–Kier alpha value is -2.48. The summed E-state index contributed by atoms with van der Waals surface area (Å²) in [6, 6.07) is 7.41. The summed E-state index contributed by atoms with van der Waals surface area (Å²) in [5.41, 5.74) is 0.670. The number of aryl methyl sites for hydroxylation is 1. The molecule has 23 heavy (non-hydrogen) atoms. The number of nitrogens with one attached hydrogen (secondary N) is 1. The average molecular weight is 337 g/mol. The zero-order valence-electron chi connectivity index (χ0n) is 12.5. The molecule has 1 N–H and O–H groups in total. The zero-order valence-corrected chi connectivity index (χ0v) is 13.3. The smallest absolute Gasteiger partial charge is 0.256 e. The molecule has 0 radical (unpaired) electrons. The molecule has 1 aromatic carbocycles. The van der Waals surface area contributed by atoms with Crippen LogP contribution in [0.15, 0.2) is 48.0 Å². The van der Waals surface area contributed by atoms with Crippen LogP contribution in [0.2, 0.25) is 0 Å². The molecule has 0 fully saturated rings. The van der Waals surface area contributed by atoms with Crippen molar-refractivity contribution in [2.75, 3.05) is 18.2 Å². The van der Waals surface area contributed by atoms with E-state index in [9.17, 15) is 17.6 Å². The van der Waals surface area contributed by atoms with Crippen LogP contribution < -0.4 is 5.32 Å². The number of carbonyl (C=O) groups is 1. The van der Waals surface area contributed by atoms with Crippen molar-refractivity contribution in [1.29, 1.82) is 0 Å². The number of carbonyl (C=O) groups excluding carboxylic acids is 1. The number of halogens is 1. The first-order valence-corrected chi connectivity index (χ1v) is 8.60. The molecule has 0 bridgehead atoms. The standard InChI is InChI=1S/C15H16FN3O3S/c1-11(12-3-5-13(6-4-12)23(2,21)22)15(20)17-14-7-9-19(18-14)10-8-16/h3-7,9H,1,8,10H2,2H3,(H,17,18,20). The van der Waals surface area contributed by atoms with E-state index >= 15 is 0 Å². The summed E-state index contributed by atoms with van der Waals surface area (Å²) in [6.07, 6.45) is 2.66. The topological polar surface area (TPSA) is 81.1 Å². The Labute approximate surface area is 133 Å². The van der Waals surface area contributed by atoms with Crippen molar-refractivity contribution in [1.82, 2.24) is 9.78 Å². The largest absolute Gasteiger partial charge is 0.305 e. The highest BCUT2D eigenvalue weighted by atomic mass is 32.2. The van der Waals surface area contributed by atoms with Gasteiger partial charge in [0.25, 0.3) is 5.91 Å². The van der Waals surface area contributed by atoms with E-state index in [0.717, 1.165) is 6.26 Å². The molecular formula is C15H16FN3O3S. The summed E-state index contributed by atoms with van der Waals surface area (Å²) in [5, 5.41) is 6.54. The van der Waals surface area contributed by atoms with Crippen molar-refractivity contribution in [3.63, 3.8) is 0 Å². The zero-order chi connectivity index (χ0) is 17.0. The number of sulfone groups is 1. The highest BCUT2D eigenvalue weighted by molar-refractivity contribution is 7.90. The predicted octanol–water partition coefficient (Wildman–Crippen LogP) is 1.91. The molecule has 2 aromatic rings. The van der Waals surface area contributed by atoms with Crippen LogP contribution in [0.25, 0.3) is 5.57 Å². The van der Waals surface area contributed by atoms with E-state index in [-0.39, 0.29) is 22.8 Å². The lowest BCUT2D eigenvalue weighted by Gasteiger charge is -2.07. The van der Waals surface area contributed by atoms with E-state index in [2.05, 4.69) is 17.0 Å². The number of alkyl halides is 1. The van der Waals surface area contributed by atoms with E-state index in [0.29, 0.717) is 5.56 Å². The predicted molar refractivity (Wildman–Crippen MR) is 85.4 cm³/mol. The van der Waals surface area contributed by atoms with Crippen LogP contribution in [-0.4, -0.2) is 37.0 Å². The van der Waals surface area contributed by atoms with E-state index in [1.807, 2.05) is 0 Å². The van der Waals surface area contributed by atoms with Gasteiger partial charge in [0.2, 0.25) is 0 Å². The third kappa shape index (κ3) is 4.26. The van der Waals surface area contributed by atoms with Gasteiger partial charge in [-0.1, -0.05) is 18.7 Å². The van der Waals surface area contributed by atoms with Crippen LogP contribution in [0.4, 0.5) is 10.2 Å². The number of hydrogen-bond donors (Lipinski definition) is 1. The van der Waals surface area contributed by atoms with Crippen LogP contribution in [0.5, 0.6) is 0 Å². The Balaban J connectivity index is 2.08. The van der Waals surface area contributed by atoms with Gasteiger partial charge in [-0.05, 0) is 17.7 Å². The molecule has 0 spiro atoms. The first kappa shape index (κ1) is 16.9. The number of aromatic nitrogens is 2. The maximum absolute atomic E-state index is 12.2. The van der Waals surface area contributed by atoms with Crippen molar-refractivity contribution in [3.05, 3.63) is 48.7 Å². The Morgan fingerprint density at radius 3 is 2.52 bits per heavy atom. The second-order valence-corrected chi connectivity index (χ2v) is 6.90. The maximum atomic E-state index is 12.2. The van der Waals surface area contributed by atoms with Crippen molar-refractivity contribution < 1.29 is 17.6 Å². The number of nitrogens with zero attached hydrogens (tertiary/aromatic N) is 2. The van der Waals surface area contributed by atoms with Crippen molar-refractivity contribution in [2.24, 2.45) is 0 Å². The number of hydrogen-bond acceptors (Lipinski definition) is 4. The molecule has 2 rings (SSSR count). The molecule has 0 saturated carbocycles. The van der Waals surface area contributed by atoms with Crippen molar-refractivity contribution in [3.8, 4) is 0 Å². The highest BCUT2D eigenvalue weighted by Crippen LogP contribution is 2.18. The van der Waals surface area contributed by atoms with Crippen LogP contribution in [0.1, 0.15) is 5.56 Å². The van der Waals surface area contributed by atoms with Gasteiger partial charge in [-0.3, -0.25) is 9.48 Å². The van der Waals surface area contributed by atoms with Gasteiger partial charge in [-0.15, -0.1) is 0 Å². The molecule has 0 aliphatic heterocycles. The third-order valence-electron chi connectivity index (χ3n) is 3.10. The average Bonchev–Trinajstić information content (AvgIpc) is 2.93. The molecule has 0 saturated heterocycles. The maximum Gasteiger partial charge on any atom is 0.256 e. The molecule has 0 unspecified atom stereocenters. The van der Waals surface area contributed by atoms with Gasteiger partial charge in [0, 0.05) is 24.1 Å². The van der Waals surface area contributed by atoms with Crippen LogP contribution in [0, 0.1) is 0 Å². The normalized spacial score (nSPS) is 11.2. The highest BCUT2D eigenvalue weighted by Gasteiger charge is 2.13. The summed E-state index contributed by atoms with van der Waals surface area (Å²) < 4.78 is 36.4. The molecule has 0 atom stereocenters. The Kier molecular flexibility index (Phi) is 4.95. The fourth-order valence-electron chi connectivity index (χ4n) is 1.87. The molecule has 0 aliphatic rings. The SMILES string of the molecule is C=C(C(=O)Nc1ccn(CCF)n1)c1ccc(S(C)(=O)=O)cc1. The number of benzene rings is 1. The Bertz CT molecular complexity index is 826. The van der Waals surface area contributed by atoms with Crippen molar-refractivity contribution in [2.45, 2.75) is 11.4 Å². The number of amides is 1. The van der Waals surface area contributed by atoms with Crippen molar-refractivity contribution >= 4 is 27.1 Å². The first-order valence-electron chi connectivity index (χ1n) is 6.71. The quantitative estimate of drug-likeness (QED) is 0.817. The minimum Gasteiger partial charge on any atom is -0.305 e. The molecular weight excluding hydrogens is 321 g/mol. The third-order valence-corrected chi connectivity index (χ3v) is 4.23. The second-order valence-electron chi connectivity index (χ2n) is 4.88. The van der Waals surface area contributed by atoms with E-state index in [1.54, 1.807) is 12.3 Å². The monoisotopic (exact) mass is 337 g/mol. The molecule has 122 valence electrons. The lowest BCUT2D eigenvalue weighted by atomic mass is 10.1. The summed E-state index contributed by atoms with van der Waals surface area (Å²) in [5.74, 6) is -0.181. The number of rotatable bonds is 6. The van der Waals surface area contributed by atoms with Gasteiger partial charge in [0.05, 0.1) is 11.4 Å². The Morgan fingerprint density at radius 1 is 1.30 bits per heavy atom. The second kappa shape index (κ2) is 6.74. The van der Waals surface area contributed by atoms with Gasteiger partial charge in [-0.2, -0.15) is 5.10 Å². The summed E-state index contributed by atoms with van der Waals surface area (Å²) in [7, 11) is -3.29. The fourth-order valence-corrected chi connectivity index (χ4v) is 2.50. The number of anilines is 1. The minimum atomic E-state index is -3.29. The van der Waals surface area contributed by atoms with E-state index < -0.39 is 22.4 Å². The molecule has 6 nitrogen and oxygen atoms in total. The molecule has 1 amide bonds. The minimum absolute atomic E-state index is 0.115. The lowest BCUT2D eigenvalue weighted by molar-refractivity contribution is -0.111. The van der Waals surface area contributed by atoms with E-state index in [1.165, 1.54) is 28.9 Å². The summed E-state index contributed by atoms with van der Waals surface area (Å²) in [4.78, 5) is 12.3. The summed E-state index contributed by atoms with van der Waals surface area (Å²) in [6.45, 7) is 3.27. The first-order chi connectivity index (χ1) is 10.8. The Morgan fingerprint density at radius 2 is 1.96 bits per heavy atom. The molecule has 1 heterocycles. The van der Waals surface area contributed by atoms with Crippen LogP contribution >= 0.6 is 0 Å². The molecule has 1 aromatic heterocycles. The summed E-state index contributed by atoms with van der Waals surface area (Å²) >= 11 is 0. The van der Waals surface area contributed by atoms with E-state index in [4.69, 9.17) is 0 Å². The van der Waals surface area contributed by atoms with Gasteiger partial charge < -0.3 is 5.32 Å². The lowest BCUT2D eigenvalue weighted by Crippen LogP contribution is -2.14. The molecule has 8 heteroatoms. The van der Waals surface area contributed by atoms with Gasteiger partial charge in [-0.25, -0.2) is 12.8 Å². The van der Waals surface area contributed by atoms with Gasteiger partial charge in [0.15, 0.2) is 15.7 Å². The van der Waals surface area contributed by atoms with Crippen LogP contribution in [0.3, 0.4) is 0 Å². The van der Waals surface area contributed by atoms with Crippen LogP contribution in [-0.2, 0) is 21.2 Å². The van der Waals surface area contributed by atoms with Gasteiger partial charge >= 0.3 is 0 Å². The van der Waals surface area contributed by atoms with Gasteiger partial charge in [0.1, 0.15) is 6.67 Å².